The second kappa shape index (κ2) is 7.94. The van der Waals surface area contributed by atoms with E-state index in [0.717, 1.165) is 0 Å². The number of benzene rings is 2. The van der Waals surface area contributed by atoms with Crippen molar-refractivity contribution in [2.24, 2.45) is 7.05 Å². The molecule has 0 saturated carbocycles. The number of ether oxygens (including phenoxy) is 1. The highest BCUT2D eigenvalue weighted by Crippen LogP contribution is 2.26. The number of rotatable bonds is 6. The molecule has 0 aliphatic carbocycles. The summed E-state index contributed by atoms with van der Waals surface area (Å²) in [6.07, 6.45) is 3.17. The number of halogens is 3. The zero-order chi connectivity index (χ0) is 19.4. The summed E-state index contributed by atoms with van der Waals surface area (Å²) in [6, 6.07) is 10.6. The zero-order valence-electron chi connectivity index (χ0n) is 14.3. The SMILES string of the molecule is Cn1ccnc1C(NC(=O)c1ccccc1OC(F)F)c1ccccc1F. The topological polar surface area (TPSA) is 56.2 Å². The Morgan fingerprint density at radius 2 is 1.85 bits per heavy atom. The molecule has 0 saturated heterocycles. The number of amides is 1. The van der Waals surface area contributed by atoms with Gasteiger partial charge >= 0.3 is 6.61 Å². The minimum atomic E-state index is -3.07. The molecule has 3 rings (SSSR count). The van der Waals surface area contributed by atoms with Gasteiger partial charge in [0.1, 0.15) is 23.4 Å². The van der Waals surface area contributed by atoms with Gasteiger partial charge in [0, 0.05) is 25.0 Å². The van der Waals surface area contributed by atoms with Crippen molar-refractivity contribution in [2.45, 2.75) is 12.7 Å². The quantitative estimate of drug-likeness (QED) is 0.715. The van der Waals surface area contributed by atoms with Crippen LogP contribution in [0.2, 0.25) is 0 Å². The van der Waals surface area contributed by atoms with Crippen molar-refractivity contribution in [1.82, 2.24) is 14.9 Å². The van der Waals surface area contributed by atoms with Crippen LogP contribution in [-0.2, 0) is 7.05 Å². The van der Waals surface area contributed by atoms with Crippen LogP contribution in [0, 0.1) is 5.82 Å². The van der Waals surface area contributed by atoms with Gasteiger partial charge in [0.25, 0.3) is 5.91 Å². The molecular formula is C19H16F3N3O2. The van der Waals surface area contributed by atoms with Gasteiger partial charge in [0.2, 0.25) is 0 Å². The predicted molar refractivity (Wildman–Crippen MR) is 92.0 cm³/mol. The highest BCUT2D eigenvalue weighted by atomic mass is 19.3. The van der Waals surface area contributed by atoms with Crippen molar-refractivity contribution >= 4 is 5.91 Å². The van der Waals surface area contributed by atoms with E-state index in [1.165, 1.54) is 48.7 Å². The number of carbonyl (C=O) groups is 1. The Morgan fingerprint density at radius 3 is 2.52 bits per heavy atom. The van der Waals surface area contributed by atoms with Crippen LogP contribution >= 0.6 is 0 Å². The predicted octanol–water partition coefficient (Wildman–Crippen LogP) is 3.68. The zero-order valence-corrected chi connectivity index (χ0v) is 14.3. The molecule has 0 aliphatic rings. The number of para-hydroxylation sites is 1. The van der Waals surface area contributed by atoms with Gasteiger partial charge in [-0.05, 0) is 18.2 Å². The summed E-state index contributed by atoms with van der Waals surface area (Å²) in [7, 11) is 1.70. The van der Waals surface area contributed by atoms with Gasteiger partial charge < -0.3 is 14.6 Å². The molecule has 1 aromatic heterocycles. The number of imidazole rings is 1. The number of nitrogens with zero attached hydrogens (tertiary/aromatic N) is 2. The minimum Gasteiger partial charge on any atom is -0.434 e. The standard InChI is InChI=1S/C19H16F3N3O2/c1-25-11-10-23-17(25)16(12-6-2-4-8-14(12)20)24-18(26)13-7-3-5-9-15(13)27-19(21)22/h2-11,16,19H,1H3,(H,24,26). The van der Waals surface area contributed by atoms with Crippen LogP contribution in [0.15, 0.2) is 60.9 Å². The lowest BCUT2D eigenvalue weighted by molar-refractivity contribution is -0.0501. The van der Waals surface area contributed by atoms with Crippen molar-refractivity contribution in [3.8, 4) is 5.75 Å². The first-order valence-corrected chi connectivity index (χ1v) is 8.03. The third kappa shape index (κ3) is 4.11. The van der Waals surface area contributed by atoms with E-state index in [0.29, 0.717) is 5.82 Å². The molecule has 0 fully saturated rings. The highest BCUT2D eigenvalue weighted by Gasteiger charge is 2.25. The fraction of sp³-hybridized carbons (Fsp3) is 0.158. The first-order chi connectivity index (χ1) is 13.0. The maximum Gasteiger partial charge on any atom is 0.387 e. The summed E-state index contributed by atoms with van der Waals surface area (Å²) in [5, 5.41) is 2.66. The normalized spacial score (nSPS) is 12.0. The lowest BCUT2D eigenvalue weighted by Gasteiger charge is -2.20. The van der Waals surface area contributed by atoms with Crippen molar-refractivity contribution < 1.29 is 22.7 Å². The fourth-order valence-corrected chi connectivity index (χ4v) is 2.71. The maximum absolute atomic E-state index is 14.4. The lowest BCUT2D eigenvalue weighted by Crippen LogP contribution is -2.32. The van der Waals surface area contributed by atoms with Crippen molar-refractivity contribution in [3.05, 3.63) is 83.7 Å². The Hall–Kier alpha value is -3.29. The van der Waals surface area contributed by atoms with E-state index >= 15 is 0 Å². The molecule has 0 aliphatic heterocycles. The number of nitrogens with one attached hydrogen (secondary N) is 1. The van der Waals surface area contributed by atoms with E-state index in [4.69, 9.17) is 0 Å². The minimum absolute atomic E-state index is 0.0895. The molecular weight excluding hydrogens is 359 g/mol. The summed E-state index contributed by atoms with van der Waals surface area (Å²) in [5.74, 6) is -1.09. The van der Waals surface area contributed by atoms with Crippen molar-refractivity contribution in [1.29, 1.82) is 0 Å². The van der Waals surface area contributed by atoms with Crippen LogP contribution in [0.5, 0.6) is 5.75 Å². The van der Waals surface area contributed by atoms with Gasteiger partial charge in [-0.2, -0.15) is 8.78 Å². The largest absolute Gasteiger partial charge is 0.434 e. The van der Waals surface area contributed by atoms with Crippen LogP contribution in [0.1, 0.15) is 27.8 Å². The first-order valence-electron chi connectivity index (χ1n) is 8.03. The van der Waals surface area contributed by atoms with Gasteiger partial charge in [-0.25, -0.2) is 9.37 Å². The van der Waals surface area contributed by atoms with Crippen LogP contribution < -0.4 is 10.1 Å². The summed E-state index contributed by atoms with van der Waals surface area (Å²) in [5.41, 5.74) is 0.112. The summed E-state index contributed by atoms with van der Waals surface area (Å²) in [4.78, 5) is 16.9. The van der Waals surface area contributed by atoms with E-state index in [2.05, 4.69) is 15.0 Å². The highest BCUT2D eigenvalue weighted by molar-refractivity contribution is 5.97. The molecule has 3 aromatic rings. The third-order valence-electron chi connectivity index (χ3n) is 3.96. The molecule has 1 heterocycles. The number of hydrogen-bond acceptors (Lipinski definition) is 3. The van der Waals surface area contributed by atoms with Gasteiger partial charge in [0.15, 0.2) is 0 Å². The van der Waals surface area contributed by atoms with Gasteiger partial charge in [-0.15, -0.1) is 0 Å². The Balaban J connectivity index is 1.98. The van der Waals surface area contributed by atoms with Gasteiger partial charge in [-0.3, -0.25) is 4.79 Å². The maximum atomic E-state index is 14.4. The number of aryl methyl sites for hydroxylation is 1. The Bertz CT molecular complexity index is 943. The molecule has 2 aromatic carbocycles. The summed E-state index contributed by atoms with van der Waals surface area (Å²) < 4.78 is 45.6. The van der Waals surface area contributed by atoms with Crippen molar-refractivity contribution in [3.63, 3.8) is 0 Å². The second-order valence-corrected chi connectivity index (χ2v) is 5.70. The van der Waals surface area contributed by atoms with E-state index in [-0.39, 0.29) is 16.9 Å². The van der Waals surface area contributed by atoms with Gasteiger partial charge in [-0.1, -0.05) is 30.3 Å². The van der Waals surface area contributed by atoms with Crippen LogP contribution in [0.3, 0.4) is 0 Å². The molecule has 8 heteroatoms. The molecule has 0 spiro atoms. The van der Waals surface area contributed by atoms with E-state index in [1.807, 2.05) is 0 Å². The number of alkyl halides is 2. The molecule has 1 amide bonds. The van der Waals surface area contributed by atoms with Crippen molar-refractivity contribution in [2.75, 3.05) is 0 Å². The van der Waals surface area contributed by atoms with Gasteiger partial charge in [0.05, 0.1) is 5.56 Å². The molecule has 1 N–H and O–H groups in total. The number of aromatic nitrogens is 2. The first kappa shape index (κ1) is 18.5. The van der Waals surface area contributed by atoms with Crippen LogP contribution in [0.25, 0.3) is 0 Å². The second-order valence-electron chi connectivity index (χ2n) is 5.70. The average molecular weight is 375 g/mol. The smallest absolute Gasteiger partial charge is 0.387 e. The molecule has 27 heavy (non-hydrogen) atoms. The molecule has 0 radical (unpaired) electrons. The summed E-state index contributed by atoms with van der Waals surface area (Å²) in [6.45, 7) is -3.07. The number of carbonyl (C=O) groups excluding carboxylic acids is 1. The average Bonchev–Trinajstić information content (AvgIpc) is 3.06. The Morgan fingerprint density at radius 1 is 1.15 bits per heavy atom. The lowest BCUT2D eigenvalue weighted by atomic mass is 10.0. The molecule has 5 nitrogen and oxygen atoms in total. The van der Waals surface area contributed by atoms with E-state index in [9.17, 15) is 18.0 Å². The van der Waals surface area contributed by atoms with Crippen LogP contribution in [-0.4, -0.2) is 22.1 Å². The molecule has 0 bridgehead atoms. The molecule has 1 atom stereocenters. The van der Waals surface area contributed by atoms with Crippen LogP contribution in [0.4, 0.5) is 13.2 Å². The molecule has 140 valence electrons. The Kier molecular flexibility index (Phi) is 5.44. The molecule has 1 unspecified atom stereocenters. The third-order valence-corrected chi connectivity index (χ3v) is 3.96. The fourth-order valence-electron chi connectivity index (χ4n) is 2.71. The number of hydrogen-bond donors (Lipinski definition) is 1. The Labute approximate surface area is 153 Å². The van der Waals surface area contributed by atoms with E-state index < -0.39 is 24.4 Å². The van der Waals surface area contributed by atoms with E-state index in [1.54, 1.807) is 23.9 Å². The monoisotopic (exact) mass is 375 g/mol. The summed E-state index contributed by atoms with van der Waals surface area (Å²) >= 11 is 0.